The Hall–Kier alpha value is -2.63. The lowest BCUT2D eigenvalue weighted by atomic mass is 10.1. The largest absolute Gasteiger partial charge is 0.348 e. The number of benzene rings is 1. The number of fused-ring (bicyclic) bond motifs is 1. The Balaban J connectivity index is 1.67. The molecule has 6 heteroatoms. The number of nitrogens with one attached hydrogen (secondary N) is 1. The zero-order chi connectivity index (χ0) is 16.4. The van der Waals surface area contributed by atoms with Crippen LogP contribution < -0.4 is 10.2 Å². The molecule has 23 heavy (non-hydrogen) atoms. The van der Waals surface area contributed by atoms with E-state index in [-0.39, 0.29) is 17.9 Å². The minimum absolute atomic E-state index is 0.00123. The van der Waals surface area contributed by atoms with Crippen molar-refractivity contribution in [2.24, 2.45) is 0 Å². The van der Waals surface area contributed by atoms with Crippen LogP contribution in [-0.4, -0.2) is 34.0 Å². The van der Waals surface area contributed by atoms with Gasteiger partial charge in [-0.05, 0) is 37.1 Å². The average Bonchev–Trinajstić information content (AvgIpc) is 3.14. The van der Waals surface area contributed by atoms with E-state index < -0.39 is 0 Å². The standard InChI is InChI=1S/C17H20N4O2/c1-12(10-20-8-6-18-11-20)19-17(23)15-3-4-16-14(9-15)5-7-21(16)13(2)22/h3-4,6,8-9,11-12H,5,7,10H2,1-2H3,(H,19,23)/t12-/m0/s1. The lowest BCUT2D eigenvalue weighted by molar-refractivity contribution is -0.116. The van der Waals surface area contributed by atoms with E-state index in [2.05, 4.69) is 10.3 Å². The molecule has 0 radical (unpaired) electrons. The van der Waals surface area contributed by atoms with Crippen LogP contribution in [0.2, 0.25) is 0 Å². The zero-order valence-electron chi connectivity index (χ0n) is 13.3. The maximum Gasteiger partial charge on any atom is 0.251 e. The molecule has 2 aromatic rings. The fraction of sp³-hybridized carbons (Fsp3) is 0.353. The van der Waals surface area contributed by atoms with Crippen LogP contribution in [0, 0.1) is 0 Å². The summed E-state index contributed by atoms with van der Waals surface area (Å²) in [5, 5.41) is 2.99. The second-order valence-corrected chi connectivity index (χ2v) is 5.90. The molecule has 0 aliphatic carbocycles. The second kappa shape index (κ2) is 6.24. The Morgan fingerprint density at radius 2 is 2.22 bits per heavy atom. The smallest absolute Gasteiger partial charge is 0.251 e. The molecule has 1 atom stereocenters. The van der Waals surface area contributed by atoms with Crippen LogP contribution in [-0.2, 0) is 17.8 Å². The van der Waals surface area contributed by atoms with E-state index in [1.165, 1.54) is 0 Å². The Morgan fingerprint density at radius 1 is 1.39 bits per heavy atom. The van der Waals surface area contributed by atoms with Crippen molar-refractivity contribution in [2.75, 3.05) is 11.4 Å². The molecule has 6 nitrogen and oxygen atoms in total. The molecule has 1 aliphatic heterocycles. The van der Waals surface area contributed by atoms with Gasteiger partial charge < -0.3 is 14.8 Å². The average molecular weight is 312 g/mol. The molecule has 1 N–H and O–H groups in total. The molecule has 3 rings (SSSR count). The van der Waals surface area contributed by atoms with Crippen molar-refractivity contribution in [3.8, 4) is 0 Å². The normalized spacial score (nSPS) is 14.4. The molecular formula is C17H20N4O2. The lowest BCUT2D eigenvalue weighted by Crippen LogP contribution is -2.35. The quantitative estimate of drug-likeness (QED) is 0.932. The highest BCUT2D eigenvalue weighted by Crippen LogP contribution is 2.28. The summed E-state index contributed by atoms with van der Waals surface area (Å²) < 4.78 is 1.93. The zero-order valence-corrected chi connectivity index (χ0v) is 13.3. The highest BCUT2D eigenvalue weighted by molar-refractivity contribution is 5.97. The summed E-state index contributed by atoms with van der Waals surface area (Å²) in [5.74, 6) is -0.0587. The summed E-state index contributed by atoms with van der Waals surface area (Å²) in [6.45, 7) is 4.89. The summed E-state index contributed by atoms with van der Waals surface area (Å²) in [7, 11) is 0. The summed E-state index contributed by atoms with van der Waals surface area (Å²) >= 11 is 0. The van der Waals surface area contributed by atoms with Crippen LogP contribution in [0.15, 0.2) is 36.9 Å². The third-order valence-electron chi connectivity index (χ3n) is 4.04. The minimum Gasteiger partial charge on any atom is -0.348 e. The molecule has 0 fully saturated rings. The van der Waals surface area contributed by atoms with Gasteiger partial charge in [-0.2, -0.15) is 0 Å². The van der Waals surface area contributed by atoms with Gasteiger partial charge >= 0.3 is 0 Å². The number of carbonyl (C=O) groups is 2. The monoisotopic (exact) mass is 312 g/mol. The maximum absolute atomic E-state index is 12.4. The Morgan fingerprint density at radius 3 is 2.91 bits per heavy atom. The Bertz CT molecular complexity index is 724. The number of amides is 2. The first-order chi connectivity index (χ1) is 11.0. The lowest BCUT2D eigenvalue weighted by Gasteiger charge is -2.16. The number of hydrogen-bond donors (Lipinski definition) is 1. The molecule has 0 bridgehead atoms. The van der Waals surface area contributed by atoms with Gasteiger partial charge in [0.1, 0.15) is 0 Å². The molecule has 0 saturated carbocycles. The molecule has 1 aromatic carbocycles. The maximum atomic E-state index is 12.4. The molecule has 1 aliphatic rings. The van der Waals surface area contributed by atoms with Crippen LogP contribution in [0.5, 0.6) is 0 Å². The predicted octanol–water partition coefficient (Wildman–Crippen LogP) is 1.61. The van der Waals surface area contributed by atoms with Crippen molar-refractivity contribution in [3.05, 3.63) is 48.0 Å². The SMILES string of the molecule is CC(=O)N1CCc2cc(C(=O)N[C@@H](C)Cn3ccnc3)ccc21. The van der Waals surface area contributed by atoms with Crippen LogP contribution in [0.25, 0.3) is 0 Å². The van der Waals surface area contributed by atoms with Gasteiger partial charge in [-0.25, -0.2) is 4.98 Å². The van der Waals surface area contributed by atoms with E-state index >= 15 is 0 Å². The second-order valence-electron chi connectivity index (χ2n) is 5.90. The minimum atomic E-state index is -0.0957. The van der Waals surface area contributed by atoms with Gasteiger partial charge in [0, 0.05) is 49.7 Å². The third kappa shape index (κ3) is 3.26. The first kappa shape index (κ1) is 15.3. The van der Waals surface area contributed by atoms with Crippen molar-refractivity contribution >= 4 is 17.5 Å². The number of nitrogens with zero attached hydrogens (tertiary/aromatic N) is 3. The molecule has 0 spiro atoms. The van der Waals surface area contributed by atoms with E-state index in [0.29, 0.717) is 18.7 Å². The van der Waals surface area contributed by atoms with Crippen LogP contribution in [0.3, 0.4) is 0 Å². The molecular weight excluding hydrogens is 292 g/mol. The van der Waals surface area contributed by atoms with Gasteiger partial charge in [0.25, 0.3) is 5.91 Å². The van der Waals surface area contributed by atoms with Crippen LogP contribution in [0.4, 0.5) is 5.69 Å². The molecule has 2 amide bonds. The Labute approximate surface area is 135 Å². The summed E-state index contributed by atoms with van der Waals surface area (Å²) in [5.41, 5.74) is 2.60. The number of carbonyl (C=O) groups excluding carboxylic acids is 2. The van der Waals surface area contributed by atoms with Gasteiger partial charge in [0.2, 0.25) is 5.91 Å². The van der Waals surface area contributed by atoms with Gasteiger partial charge in [-0.1, -0.05) is 0 Å². The number of aromatic nitrogens is 2. The molecule has 0 unspecified atom stereocenters. The van der Waals surface area contributed by atoms with Gasteiger partial charge in [0.05, 0.1) is 6.33 Å². The number of rotatable bonds is 4. The fourth-order valence-corrected chi connectivity index (χ4v) is 2.93. The topological polar surface area (TPSA) is 67.2 Å². The van der Waals surface area contributed by atoms with E-state index in [1.807, 2.05) is 29.8 Å². The van der Waals surface area contributed by atoms with Crippen molar-refractivity contribution in [1.29, 1.82) is 0 Å². The highest BCUT2D eigenvalue weighted by Gasteiger charge is 2.23. The van der Waals surface area contributed by atoms with E-state index in [9.17, 15) is 9.59 Å². The van der Waals surface area contributed by atoms with Crippen LogP contribution >= 0.6 is 0 Å². The number of imidazole rings is 1. The van der Waals surface area contributed by atoms with Crippen molar-refractivity contribution in [3.63, 3.8) is 0 Å². The first-order valence-electron chi connectivity index (χ1n) is 7.72. The van der Waals surface area contributed by atoms with E-state index in [0.717, 1.165) is 17.7 Å². The van der Waals surface area contributed by atoms with Gasteiger partial charge in [-0.15, -0.1) is 0 Å². The van der Waals surface area contributed by atoms with Crippen molar-refractivity contribution < 1.29 is 9.59 Å². The van der Waals surface area contributed by atoms with Crippen molar-refractivity contribution in [1.82, 2.24) is 14.9 Å². The first-order valence-corrected chi connectivity index (χ1v) is 7.72. The number of hydrogen-bond acceptors (Lipinski definition) is 3. The highest BCUT2D eigenvalue weighted by atomic mass is 16.2. The molecule has 2 heterocycles. The van der Waals surface area contributed by atoms with Crippen LogP contribution in [0.1, 0.15) is 29.8 Å². The number of anilines is 1. The summed E-state index contributed by atoms with van der Waals surface area (Å²) in [4.78, 5) is 29.7. The van der Waals surface area contributed by atoms with Gasteiger partial charge in [-0.3, -0.25) is 9.59 Å². The van der Waals surface area contributed by atoms with Crippen molar-refractivity contribution in [2.45, 2.75) is 32.9 Å². The Kier molecular flexibility index (Phi) is 4.14. The van der Waals surface area contributed by atoms with E-state index in [4.69, 9.17) is 0 Å². The molecule has 0 saturated heterocycles. The summed E-state index contributed by atoms with van der Waals surface area (Å²) in [6, 6.07) is 5.52. The molecule has 120 valence electrons. The fourth-order valence-electron chi connectivity index (χ4n) is 2.93. The summed E-state index contributed by atoms with van der Waals surface area (Å²) in [6.07, 6.45) is 6.11. The predicted molar refractivity (Wildman–Crippen MR) is 87.3 cm³/mol. The van der Waals surface area contributed by atoms with Gasteiger partial charge in [0.15, 0.2) is 0 Å². The third-order valence-corrected chi connectivity index (χ3v) is 4.04. The van der Waals surface area contributed by atoms with E-state index in [1.54, 1.807) is 30.4 Å². The molecule has 1 aromatic heterocycles.